The first-order chi connectivity index (χ1) is 8.19. The van der Waals surface area contributed by atoms with Gasteiger partial charge in [0.15, 0.2) is 0 Å². The third-order valence-electron chi connectivity index (χ3n) is 2.52. The van der Waals surface area contributed by atoms with Crippen LogP contribution >= 0.6 is 22.9 Å². The molecule has 0 saturated carbocycles. The van der Waals surface area contributed by atoms with E-state index >= 15 is 0 Å². The lowest BCUT2D eigenvalue weighted by Crippen LogP contribution is -2.15. The summed E-state index contributed by atoms with van der Waals surface area (Å²) in [7, 11) is 0. The molecule has 0 aliphatic heterocycles. The summed E-state index contributed by atoms with van der Waals surface area (Å²) in [5.41, 5.74) is 2.30. The zero-order valence-corrected chi connectivity index (χ0v) is 11.6. The topological polar surface area (TPSA) is 29.9 Å². The summed E-state index contributed by atoms with van der Waals surface area (Å²) in [4.78, 5) is 1.26. The van der Waals surface area contributed by atoms with E-state index < -0.39 is 0 Å². The second-order valence-corrected chi connectivity index (χ2v) is 5.70. The maximum atomic E-state index is 5.88. The van der Waals surface area contributed by atoms with E-state index in [0.29, 0.717) is 0 Å². The Hall–Kier alpha value is -0.840. The fraction of sp³-hybridized carbons (Fsp3) is 0.417. The molecule has 0 spiro atoms. The Morgan fingerprint density at radius 2 is 2.24 bits per heavy atom. The van der Waals surface area contributed by atoms with Crippen LogP contribution in [0.3, 0.4) is 0 Å². The van der Waals surface area contributed by atoms with Gasteiger partial charge in [0.2, 0.25) is 0 Å². The minimum atomic E-state index is 0.837. The molecule has 17 heavy (non-hydrogen) atoms. The molecule has 92 valence electrons. The van der Waals surface area contributed by atoms with Gasteiger partial charge in [-0.05, 0) is 32.0 Å². The average Bonchev–Trinajstić information content (AvgIpc) is 2.85. The Balaban J connectivity index is 1.89. The van der Waals surface area contributed by atoms with Crippen LogP contribution in [0.15, 0.2) is 18.2 Å². The number of aryl methyl sites for hydroxylation is 2. The summed E-state index contributed by atoms with van der Waals surface area (Å²) in [6.07, 6.45) is 0. The van der Waals surface area contributed by atoms with E-state index in [4.69, 9.17) is 11.6 Å². The first-order valence-corrected chi connectivity index (χ1v) is 6.86. The van der Waals surface area contributed by atoms with E-state index in [1.807, 2.05) is 17.7 Å². The molecular formula is C12H16ClN3S. The smallest absolute Gasteiger partial charge is 0.0931 e. The summed E-state index contributed by atoms with van der Waals surface area (Å²) < 4.78 is 2.88. The van der Waals surface area contributed by atoms with E-state index in [1.165, 1.54) is 10.6 Å². The predicted octanol–water partition coefficient (Wildman–Crippen LogP) is 3.22. The summed E-state index contributed by atoms with van der Waals surface area (Å²) >= 11 is 7.50. The van der Waals surface area contributed by atoms with Crippen LogP contribution in [0.4, 0.5) is 0 Å². The number of hydrogen-bond acceptors (Lipinski definition) is 3. The van der Waals surface area contributed by atoms with Gasteiger partial charge in [-0.3, -0.25) is 4.68 Å². The summed E-state index contributed by atoms with van der Waals surface area (Å²) in [6.45, 7) is 6.73. The van der Waals surface area contributed by atoms with Crippen molar-refractivity contribution in [1.82, 2.24) is 15.1 Å². The van der Waals surface area contributed by atoms with Crippen molar-refractivity contribution in [3.8, 4) is 0 Å². The van der Waals surface area contributed by atoms with Crippen LogP contribution < -0.4 is 5.32 Å². The number of aromatic nitrogens is 2. The highest BCUT2D eigenvalue weighted by atomic mass is 35.5. The third-order valence-corrected chi connectivity index (χ3v) is 3.75. The number of hydrogen-bond donors (Lipinski definition) is 1. The number of thiophene rings is 1. The van der Waals surface area contributed by atoms with Gasteiger partial charge >= 0.3 is 0 Å². The predicted molar refractivity (Wildman–Crippen MR) is 72.5 cm³/mol. The lowest BCUT2D eigenvalue weighted by Gasteiger charge is -2.05. The lowest BCUT2D eigenvalue weighted by molar-refractivity contribution is 0.581. The third kappa shape index (κ3) is 3.31. The molecule has 2 heterocycles. The van der Waals surface area contributed by atoms with Gasteiger partial charge < -0.3 is 5.32 Å². The normalized spacial score (nSPS) is 11.0. The summed E-state index contributed by atoms with van der Waals surface area (Å²) in [6, 6.07) is 6.12. The van der Waals surface area contributed by atoms with Crippen LogP contribution in [-0.2, 0) is 19.6 Å². The molecule has 2 aromatic rings. The standard InChI is InChI=1S/C12H16ClN3S/c1-3-16-10(6-9(2)15-16)7-14-8-11-4-5-12(13)17-11/h4-6,14H,3,7-8H2,1-2H3. The Bertz CT molecular complexity index is 490. The molecule has 0 radical (unpaired) electrons. The Morgan fingerprint density at radius 1 is 1.41 bits per heavy atom. The Labute approximate surface area is 110 Å². The van der Waals surface area contributed by atoms with Gasteiger partial charge in [0.1, 0.15) is 0 Å². The summed E-state index contributed by atoms with van der Waals surface area (Å²) in [5.74, 6) is 0. The van der Waals surface area contributed by atoms with Crippen LogP contribution in [0.1, 0.15) is 23.2 Å². The fourth-order valence-corrected chi connectivity index (χ4v) is 2.83. The molecule has 2 aromatic heterocycles. The molecule has 0 bridgehead atoms. The van der Waals surface area contributed by atoms with E-state index in [-0.39, 0.29) is 0 Å². The Kier molecular flexibility index (Phi) is 4.20. The van der Waals surface area contributed by atoms with Gasteiger partial charge in [-0.15, -0.1) is 11.3 Å². The largest absolute Gasteiger partial charge is 0.306 e. The van der Waals surface area contributed by atoms with E-state index in [0.717, 1.165) is 29.7 Å². The maximum Gasteiger partial charge on any atom is 0.0931 e. The van der Waals surface area contributed by atoms with Crippen molar-refractivity contribution < 1.29 is 0 Å². The molecule has 0 unspecified atom stereocenters. The van der Waals surface area contributed by atoms with Gasteiger partial charge in [-0.2, -0.15) is 5.10 Å². The average molecular weight is 270 g/mol. The van der Waals surface area contributed by atoms with Gasteiger partial charge in [0, 0.05) is 24.5 Å². The fourth-order valence-electron chi connectivity index (χ4n) is 1.78. The quantitative estimate of drug-likeness (QED) is 0.903. The highest BCUT2D eigenvalue weighted by Gasteiger charge is 2.04. The molecule has 0 aromatic carbocycles. The van der Waals surface area contributed by atoms with Gasteiger partial charge in [-0.1, -0.05) is 11.6 Å². The SMILES string of the molecule is CCn1nc(C)cc1CNCc1ccc(Cl)s1. The van der Waals surface area contributed by atoms with E-state index in [9.17, 15) is 0 Å². The molecule has 5 heteroatoms. The van der Waals surface area contributed by atoms with E-state index in [1.54, 1.807) is 11.3 Å². The molecule has 1 N–H and O–H groups in total. The first kappa shape index (κ1) is 12.6. The van der Waals surface area contributed by atoms with Crippen molar-refractivity contribution in [2.24, 2.45) is 0 Å². The maximum absolute atomic E-state index is 5.88. The number of halogens is 1. The molecule has 0 aliphatic rings. The number of nitrogens with one attached hydrogen (secondary N) is 1. The first-order valence-electron chi connectivity index (χ1n) is 5.67. The Morgan fingerprint density at radius 3 is 2.88 bits per heavy atom. The zero-order chi connectivity index (χ0) is 12.3. The van der Waals surface area contributed by atoms with Crippen LogP contribution in [-0.4, -0.2) is 9.78 Å². The molecule has 0 aliphatic carbocycles. The number of nitrogens with zero attached hydrogens (tertiary/aromatic N) is 2. The van der Waals surface area contributed by atoms with Gasteiger partial charge in [0.05, 0.1) is 15.7 Å². The number of rotatable bonds is 5. The molecule has 0 atom stereocenters. The molecule has 0 fully saturated rings. The molecular weight excluding hydrogens is 254 g/mol. The molecule has 0 saturated heterocycles. The van der Waals surface area contributed by atoms with Crippen LogP contribution in [0.25, 0.3) is 0 Å². The van der Waals surface area contributed by atoms with Crippen LogP contribution in [0, 0.1) is 6.92 Å². The molecule has 2 rings (SSSR count). The molecule has 3 nitrogen and oxygen atoms in total. The highest BCUT2D eigenvalue weighted by Crippen LogP contribution is 2.21. The lowest BCUT2D eigenvalue weighted by atomic mass is 10.3. The van der Waals surface area contributed by atoms with Crippen molar-refractivity contribution in [2.45, 2.75) is 33.5 Å². The van der Waals surface area contributed by atoms with E-state index in [2.05, 4.69) is 29.5 Å². The van der Waals surface area contributed by atoms with Gasteiger partial charge in [0.25, 0.3) is 0 Å². The van der Waals surface area contributed by atoms with Crippen LogP contribution in [0.5, 0.6) is 0 Å². The highest BCUT2D eigenvalue weighted by molar-refractivity contribution is 7.16. The zero-order valence-electron chi connectivity index (χ0n) is 10.0. The second-order valence-electron chi connectivity index (χ2n) is 3.90. The van der Waals surface area contributed by atoms with Crippen molar-refractivity contribution in [1.29, 1.82) is 0 Å². The van der Waals surface area contributed by atoms with Crippen molar-refractivity contribution >= 4 is 22.9 Å². The van der Waals surface area contributed by atoms with Crippen molar-refractivity contribution in [2.75, 3.05) is 0 Å². The monoisotopic (exact) mass is 269 g/mol. The minimum Gasteiger partial charge on any atom is -0.306 e. The van der Waals surface area contributed by atoms with Gasteiger partial charge in [-0.25, -0.2) is 0 Å². The van der Waals surface area contributed by atoms with Crippen molar-refractivity contribution in [3.63, 3.8) is 0 Å². The summed E-state index contributed by atoms with van der Waals surface area (Å²) in [5, 5.41) is 7.83. The van der Waals surface area contributed by atoms with Crippen molar-refractivity contribution in [3.05, 3.63) is 38.8 Å². The second kappa shape index (κ2) is 5.67. The minimum absolute atomic E-state index is 0.837. The van der Waals surface area contributed by atoms with Crippen LogP contribution in [0.2, 0.25) is 4.34 Å². The molecule has 0 amide bonds.